The molecule has 1 aliphatic rings. The summed E-state index contributed by atoms with van der Waals surface area (Å²) in [6, 6.07) is 8.20. The molecule has 1 amide bonds. The second-order valence-corrected chi connectivity index (χ2v) is 7.39. The summed E-state index contributed by atoms with van der Waals surface area (Å²) in [6.45, 7) is 5.62. The predicted molar refractivity (Wildman–Crippen MR) is 100 cm³/mol. The Kier molecular flexibility index (Phi) is 4.79. The molecule has 3 aromatic rings. The number of aryl methyl sites for hydroxylation is 2. The van der Waals surface area contributed by atoms with Gasteiger partial charge < -0.3 is 9.80 Å². The standard InChI is InChI=1S/C17H21N7OS/c1-13-19-20-21-24(13)10-7-16(25)22-8-4-9-23(12-11-22)17-18-14-5-2-3-6-15(14)26-17/h2-3,5-6H,4,7-12H2,1H3. The van der Waals surface area contributed by atoms with Gasteiger partial charge in [0.2, 0.25) is 5.91 Å². The van der Waals surface area contributed by atoms with Crippen LogP contribution in [0.3, 0.4) is 0 Å². The van der Waals surface area contributed by atoms with E-state index in [1.165, 1.54) is 4.70 Å². The van der Waals surface area contributed by atoms with Crippen LogP contribution in [0.5, 0.6) is 0 Å². The number of carbonyl (C=O) groups is 1. The van der Waals surface area contributed by atoms with E-state index in [1.807, 2.05) is 30.0 Å². The lowest BCUT2D eigenvalue weighted by Crippen LogP contribution is -2.35. The molecule has 1 aliphatic heterocycles. The van der Waals surface area contributed by atoms with Gasteiger partial charge in [-0.3, -0.25) is 4.79 Å². The van der Waals surface area contributed by atoms with Crippen LogP contribution in [0.1, 0.15) is 18.7 Å². The number of carbonyl (C=O) groups excluding carboxylic acids is 1. The molecule has 2 aromatic heterocycles. The molecule has 136 valence electrons. The first-order chi connectivity index (χ1) is 12.7. The molecule has 1 saturated heterocycles. The van der Waals surface area contributed by atoms with Gasteiger partial charge in [0.15, 0.2) is 5.13 Å². The normalized spacial score (nSPS) is 15.4. The molecule has 0 unspecified atom stereocenters. The zero-order valence-corrected chi connectivity index (χ0v) is 15.5. The summed E-state index contributed by atoms with van der Waals surface area (Å²) in [5.74, 6) is 0.890. The maximum absolute atomic E-state index is 12.6. The van der Waals surface area contributed by atoms with E-state index in [0.29, 0.717) is 13.0 Å². The first-order valence-electron chi connectivity index (χ1n) is 8.82. The van der Waals surface area contributed by atoms with Crippen LogP contribution in [0.25, 0.3) is 10.2 Å². The summed E-state index contributed by atoms with van der Waals surface area (Å²) in [5, 5.41) is 12.4. The Morgan fingerprint density at radius 3 is 2.88 bits per heavy atom. The molecular formula is C17H21N7OS. The molecule has 1 aromatic carbocycles. The fraction of sp³-hybridized carbons (Fsp3) is 0.471. The van der Waals surface area contributed by atoms with Crippen molar-refractivity contribution in [3.8, 4) is 0 Å². The number of amides is 1. The molecule has 0 radical (unpaired) electrons. The number of hydrogen-bond donors (Lipinski definition) is 0. The van der Waals surface area contributed by atoms with Crippen molar-refractivity contribution in [1.82, 2.24) is 30.1 Å². The highest BCUT2D eigenvalue weighted by Crippen LogP contribution is 2.29. The van der Waals surface area contributed by atoms with E-state index in [-0.39, 0.29) is 5.91 Å². The molecule has 9 heteroatoms. The Balaban J connectivity index is 1.36. The predicted octanol–water partition coefficient (Wildman–Crippen LogP) is 1.72. The number of rotatable bonds is 4. The van der Waals surface area contributed by atoms with E-state index < -0.39 is 0 Å². The number of tetrazole rings is 1. The zero-order chi connectivity index (χ0) is 17.9. The number of nitrogens with zero attached hydrogens (tertiary/aromatic N) is 7. The lowest BCUT2D eigenvalue weighted by molar-refractivity contribution is -0.131. The van der Waals surface area contributed by atoms with Crippen molar-refractivity contribution >= 4 is 32.6 Å². The Hall–Kier alpha value is -2.55. The fourth-order valence-electron chi connectivity index (χ4n) is 3.17. The van der Waals surface area contributed by atoms with Gasteiger partial charge in [0.1, 0.15) is 5.82 Å². The molecule has 0 saturated carbocycles. The molecule has 3 heterocycles. The van der Waals surface area contributed by atoms with Gasteiger partial charge >= 0.3 is 0 Å². The minimum absolute atomic E-state index is 0.158. The summed E-state index contributed by atoms with van der Waals surface area (Å²) in [4.78, 5) is 21.5. The van der Waals surface area contributed by atoms with Crippen molar-refractivity contribution in [2.75, 3.05) is 31.1 Å². The van der Waals surface area contributed by atoms with Gasteiger partial charge in [-0.25, -0.2) is 9.67 Å². The summed E-state index contributed by atoms with van der Waals surface area (Å²) < 4.78 is 2.87. The lowest BCUT2D eigenvalue weighted by Gasteiger charge is -2.21. The first-order valence-corrected chi connectivity index (χ1v) is 9.63. The van der Waals surface area contributed by atoms with Crippen molar-refractivity contribution < 1.29 is 4.79 Å². The number of para-hydroxylation sites is 1. The molecular weight excluding hydrogens is 350 g/mol. The molecule has 0 N–H and O–H groups in total. The average Bonchev–Trinajstić information content (AvgIpc) is 3.18. The van der Waals surface area contributed by atoms with E-state index in [0.717, 1.165) is 49.1 Å². The summed E-state index contributed by atoms with van der Waals surface area (Å²) in [5.41, 5.74) is 1.04. The highest BCUT2D eigenvalue weighted by atomic mass is 32.1. The summed E-state index contributed by atoms with van der Waals surface area (Å²) in [6.07, 6.45) is 1.37. The minimum Gasteiger partial charge on any atom is -0.346 e. The Morgan fingerprint density at radius 2 is 2.08 bits per heavy atom. The van der Waals surface area contributed by atoms with Crippen molar-refractivity contribution in [2.45, 2.75) is 26.3 Å². The second-order valence-electron chi connectivity index (χ2n) is 6.38. The second kappa shape index (κ2) is 7.36. The van der Waals surface area contributed by atoms with Gasteiger partial charge in [0, 0.05) is 32.6 Å². The highest BCUT2D eigenvalue weighted by Gasteiger charge is 2.21. The van der Waals surface area contributed by atoms with Crippen LogP contribution in [0.15, 0.2) is 24.3 Å². The number of hydrogen-bond acceptors (Lipinski definition) is 7. The molecule has 0 aliphatic carbocycles. The summed E-state index contributed by atoms with van der Waals surface area (Å²) >= 11 is 1.72. The van der Waals surface area contributed by atoms with Crippen LogP contribution in [-0.2, 0) is 11.3 Å². The van der Waals surface area contributed by atoms with Gasteiger partial charge in [-0.05, 0) is 35.9 Å². The average molecular weight is 371 g/mol. The maximum atomic E-state index is 12.6. The monoisotopic (exact) mass is 371 g/mol. The molecule has 8 nitrogen and oxygen atoms in total. The highest BCUT2D eigenvalue weighted by molar-refractivity contribution is 7.22. The van der Waals surface area contributed by atoms with Gasteiger partial charge in [-0.2, -0.15) is 0 Å². The van der Waals surface area contributed by atoms with E-state index >= 15 is 0 Å². The van der Waals surface area contributed by atoms with Crippen LogP contribution in [0, 0.1) is 6.92 Å². The maximum Gasteiger partial charge on any atom is 0.224 e. The summed E-state index contributed by atoms with van der Waals surface area (Å²) in [7, 11) is 0. The van der Waals surface area contributed by atoms with Crippen molar-refractivity contribution in [2.24, 2.45) is 0 Å². The smallest absolute Gasteiger partial charge is 0.224 e. The van der Waals surface area contributed by atoms with E-state index in [1.54, 1.807) is 16.0 Å². The Labute approximate surface area is 155 Å². The zero-order valence-electron chi connectivity index (χ0n) is 14.7. The minimum atomic E-state index is 0.158. The van der Waals surface area contributed by atoms with Crippen LogP contribution in [0.4, 0.5) is 5.13 Å². The topological polar surface area (TPSA) is 80.0 Å². The number of benzene rings is 1. The van der Waals surface area contributed by atoms with Crippen LogP contribution >= 0.6 is 11.3 Å². The molecule has 4 rings (SSSR count). The number of anilines is 1. The van der Waals surface area contributed by atoms with Crippen LogP contribution in [-0.4, -0.2) is 62.2 Å². The van der Waals surface area contributed by atoms with Gasteiger partial charge in [-0.15, -0.1) is 5.10 Å². The molecule has 0 bridgehead atoms. The Morgan fingerprint density at radius 1 is 1.19 bits per heavy atom. The molecule has 0 atom stereocenters. The fourth-order valence-corrected chi connectivity index (χ4v) is 4.19. The first kappa shape index (κ1) is 16.9. The quantitative estimate of drug-likeness (QED) is 0.695. The third-order valence-corrected chi connectivity index (χ3v) is 5.75. The van der Waals surface area contributed by atoms with Crippen LogP contribution < -0.4 is 4.90 Å². The van der Waals surface area contributed by atoms with Crippen molar-refractivity contribution in [1.29, 1.82) is 0 Å². The van der Waals surface area contributed by atoms with E-state index in [2.05, 4.69) is 26.5 Å². The number of thiazole rings is 1. The molecule has 26 heavy (non-hydrogen) atoms. The van der Waals surface area contributed by atoms with Crippen molar-refractivity contribution in [3.63, 3.8) is 0 Å². The van der Waals surface area contributed by atoms with Gasteiger partial charge in [-0.1, -0.05) is 23.5 Å². The lowest BCUT2D eigenvalue weighted by atomic mass is 10.3. The van der Waals surface area contributed by atoms with E-state index in [4.69, 9.17) is 4.98 Å². The third-order valence-electron chi connectivity index (χ3n) is 4.65. The molecule has 0 spiro atoms. The Bertz CT molecular complexity index is 872. The molecule has 1 fully saturated rings. The third kappa shape index (κ3) is 3.52. The number of fused-ring (bicyclic) bond motifs is 1. The van der Waals surface area contributed by atoms with Gasteiger partial charge in [0.25, 0.3) is 0 Å². The SMILES string of the molecule is Cc1nnnn1CCC(=O)N1CCCN(c2nc3ccccc3s2)CC1. The number of aromatic nitrogens is 5. The van der Waals surface area contributed by atoms with E-state index in [9.17, 15) is 4.79 Å². The van der Waals surface area contributed by atoms with Crippen molar-refractivity contribution in [3.05, 3.63) is 30.1 Å². The van der Waals surface area contributed by atoms with Gasteiger partial charge in [0.05, 0.1) is 16.8 Å². The largest absolute Gasteiger partial charge is 0.346 e. The van der Waals surface area contributed by atoms with Crippen LogP contribution in [0.2, 0.25) is 0 Å².